The summed E-state index contributed by atoms with van der Waals surface area (Å²) in [7, 11) is 0. The van der Waals surface area contributed by atoms with Gasteiger partial charge in [-0.05, 0) is 37.1 Å². The molecule has 0 bridgehead atoms. The Morgan fingerprint density at radius 3 is 3.00 bits per heavy atom. The van der Waals surface area contributed by atoms with Crippen LogP contribution in [0.4, 0.5) is 0 Å². The van der Waals surface area contributed by atoms with E-state index in [1.807, 2.05) is 11.8 Å². The van der Waals surface area contributed by atoms with Crippen LogP contribution in [0.2, 0.25) is 0 Å². The van der Waals surface area contributed by atoms with Gasteiger partial charge in [0.15, 0.2) is 0 Å². The van der Waals surface area contributed by atoms with Gasteiger partial charge < -0.3 is 10.4 Å². The van der Waals surface area contributed by atoms with Crippen molar-refractivity contribution < 1.29 is 9.90 Å². The van der Waals surface area contributed by atoms with Gasteiger partial charge in [-0.2, -0.15) is 11.8 Å². The van der Waals surface area contributed by atoms with E-state index in [0.717, 1.165) is 17.7 Å². The molecular weight excluding hydrogens is 258 g/mol. The Labute approximate surface area is 118 Å². The fourth-order valence-electron chi connectivity index (χ4n) is 2.59. The third-order valence-electron chi connectivity index (χ3n) is 3.63. The molecule has 4 heteroatoms. The number of carbonyl (C=O) groups excluding carboxylic acids is 1. The van der Waals surface area contributed by atoms with E-state index in [1.165, 1.54) is 12.8 Å². The van der Waals surface area contributed by atoms with Crippen molar-refractivity contribution in [2.24, 2.45) is 0 Å². The molecule has 1 aromatic carbocycles. The molecule has 1 saturated carbocycles. The van der Waals surface area contributed by atoms with Crippen molar-refractivity contribution in [3.8, 4) is 5.75 Å². The third kappa shape index (κ3) is 3.24. The Hall–Kier alpha value is -1.16. The number of thioether (sulfide) groups is 1. The van der Waals surface area contributed by atoms with Crippen molar-refractivity contribution in [2.45, 2.75) is 44.4 Å². The summed E-state index contributed by atoms with van der Waals surface area (Å²) in [5, 5.41) is 13.5. The molecule has 2 rings (SSSR count). The highest BCUT2D eigenvalue weighted by Crippen LogP contribution is 2.30. The van der Waals surface area contributed by atoms with Crippen molar-refractivity contribution in [3.63, 3.8) is 0 Å². The van der Waals surface area contributed by atoms with E-state index in [0.29, 0.717) is 10.8 Å². The van der Waals surface area contributed by atoms with Crippen LogP contribution in [0, 0.1) is 6.92 Å². The lowest BCUT2D eigenvalue weighted by atomic mass is 10.1. The van der Waals surface area contributed by atoms with E-state index < -0.39 is 0 Å². The van der Waals surface area contributed by atoms with Gasteiger partial charge in [-0.1, -0.05) is 25.5 Å². The first-order chi connectivity index (χ1) is 9.13. The highest BCUT2D eigenvalue weighted by Gasteiger charge is 2.29. The molecule has 2 atom stereocenters. The van der Waals surface area contributed by atoms with E-state index in [4.69, 9.17) is 0 Å². The van der Waals surface area contributed by atoms with E-state index in [9.17, 15) is 9.90 Å². The number of para-hydroxylation sites is 1. The van der Waals surface area contributed by atoms with Crippen LogP contribution in [0.1, 0.15) is 42.1 Å². The molecule has 1 aliphatic carbocycles. The molecule has 1 aliphatic rings. The normalized spacial score (nSPS) is 22.4. The van der Waals surface area contributed by atoms with E-state index in [-0.39, 0.29) is 17.7 Å². The average molecular weight is 279 g/mol. The van der Waals surface area contributed by atoms with E-state index in [2.05, 4.69) is 12.2 Å². The maximum absolute atomic E-state index is 12.2. The molecule has 0 heterocycles. The highest BCUT2D eigenvalue weighted by atomic mass is 32.2. The van der Waals surface area contributed by atoms with Gasteiger partial charge in [-0.25, -0.2) is 0 Å². The van der Waals surface area contributed by atoms with Crippen LogP contribution in [0.5, 0.6) is 5.75 Å². The summed E-state index contributed by atoms with van der Waals surface area (Å²) in [6.07, 6.45) is 3.38. The number of aromatic hydroxyl groups is 1. The van der Waals surface area contributed by atoms with Gasteiger partial charge in [-0.15, -0.1) is 0 Å². The zero-order valence-corrected chi connectivity index (χ0v) is 12.3. The Morgan fingerprint density at radius 1 is 1.47 bits per heavy atom. The molecule has 2 unspecified atom stereocenters. The molecule has 0 radical (unpaired) electrons. The van der Waals surface area contributed by atoms with Gasteiger partial charge in [0.05, 0.1) is 5.56 Å². The predicted molar refractivity (Wildman–Crippen MR) is 79.9 cm³/mol. The summed E-state index contributed by atoms with van der Waals surface area (Å²) in [5.41, 5.74) is 1.12. The first-order valence-corrected chi connectivity index (χ1v) is 7.89. The molecule has 0 aromatic heterocycles. The topological polar surface area (TPSA) is 49.3 Å². The minimum atomic E-state index is -0.158. The molecule has 0 aliphatic heterocycles. The van der Waals surface area contributed by atoms with Crippen LogP contribution in [0.25, 0.3) is 0 Å². The minimum absolute atomic E-state index is 0.0951. The number of benzene rings is 1. The van der Waals surface area contributed by atoms with Crippen molar-refractivity contribution in [3.05, 3.63) is 29.3 Å². The monoisotopic (exact) mass is 279 g/mol. The fraction of sp³-hybridized carbons (Fsp3) is 0.533. The number of amides is 1. The largest absolute Gasteiger partial charge is 0.507 e. The predicted octanol–water partition coefficient (Wildman–Crippen LogP) is 3.10. The molecule has 1 aromatic rings. The summed E-state index contributed by atoms with van der Waals surface area (Å²) in [6.45, 7) is 3.95. The standard InChI is InChI=1S/C15H21NO2S/c1-3-19-13-9-5-8-12(13)16-15(18)11-7-4-6-10(2)14(11)17/h4,6-7,12-13,17H,3,5,8-9H2,1-2H3,(H,16,18). The molecule has 1 fully saturated rings. The third-order valence-corrected chi connectivity index (χ3v) is 4.96. The quantitative estimate of drug-likeness (QED) is 0.890. The van der Waals surface area contributed by atoms with Crippen LogP contribution in [-0.2, 0) is 0 Å². The summed E-state index contributed by atoms with van der Waals surface area (Å²) >= 11 is 1.91. The Morgan fingerprint density at radius 2 is 2.26 bits per heavy atom. The molecular formula is C15H21NO2S. The lowest BCUT2D eigenvalue weighted by Crippen LogP contribution is -2.38. The molecule has 0 spiro atoms. The molecule has 104 valence electrons. The SMILES string of the molecule is CCSC1CCCC1NC(=O)c1cccc(C)c1O. The summed E-state index contributed by atoms with van der Waals surface area (Å²) in [6, 6.07) is 5.51. The Kier molecular flexibility index (Phi) is 4.75. The van der Waals surface area contributed by atoms with Gasteiger partial charge in [-0.3, -0.25) is 4.79 Å². The van der Waals surface area contributed by atoms with E-state index in [1.54, 1.807) is 25.1 Å². The molecule has 3 nitrogen and oxygen atoms in total. The number of hydrogen-bond donors (Lipinski definition) is 2. The number of nitrogens with one attached hydrogen (secondary N) is 1. The van der Waals surface area contributed by atoms with Crippen LogP contribution in [-0.4, -0.2) is 28.1 Å². The first kappa shape index (κ1) is 14.3. The van der Waals surface area contributed by atoms with Crippen molar-refractivity contribution in [1.29, 1.82) is 0 Å². The number of phenolic OH excluding ortho intramolecular Hbond substituents is 1. The number of carbonyl (C=O) groups is 1. The van der Waals surface area contributed by atoms with Crippen LogP contribution >= 0.6 is 11.8 Å². The lowest BCUT2D eigenvalue weighted by molar-refractivity contribution is 0.0936. The van der Waals surface area contributed by atoms with Gasteiger partial charge in [0.25, 0.3) is 5.91 Å². The zero-order chi connectivity index (χ0) is 13.8. The number of hydrogen-bond acceptors (Lipinski definition) is 3. The second-order valence-electron chi connectivity index (χ2n) is 4.98. The average Bonchev–Trinajstić information content (AvgIpc) is 2.80. The number of aryl methyl sites for hydroxylation is 1. The van der Waals surface area contributed by atoms with Crippen molar-refractivity contribution in [1.82, 2.24) is 5.32 Å². The lowest BCUT2D eigenvalue weighted by Gasteiger charge is -2.20. The number of phenols is 1. The number of rotatable bonds is 4. The molecule has 19 heavy (non-hydrogen) atoms. The second-order valence-corrected chi connectivity index (χ2v) is 6.49. The van der Waals surface area contributed by atoms with Gasteiger partial charge >= 0.3 is 0 Å². The minimum Gasteiger partial charge on any atom is -0.507 e. The van der Waals surface area contributed by atoms with Crippen molar-refractivity contribution >= 4 is 17.7 Å². The molecule has 1 amide bonds. The van der Waals surface area contributed by atoms with Gasteiger partial charge in [0.2, 0.25) is 0 Å². The maximum Gasteiger partial charge on any atom is 0.255 e. The Bertz CT molecular complexity index is 461. The maximum atomic E-state index is 12.2. The Balaban J connectivity index is 2.06. The highest BCUT2D eigenvalue weighted by molar-refractivity contribution is 7.99. The zero-order valence-electron chi connectivity index (χ0n) is 11.5. The molecule has 2 N–H and O–H groups in total. The molecule has 0 saturated heterocycles. The fourth-order valence-corrected chi connectivity index (χ4v) is 3.79. The first-order valence-electron chi connectivity index (χ1n) is 6.84. The van der Waals surface area contributed by atoms with Gasteiger partial charge in [0.1, 0.15) is 5.75 Å². The van der Waals surface area contributed by atoms with Crippen molar-refractivity contribution in [2.75, 3.05) is 5.75 Å². The second kappa shape index (κ2) is 6.33. The summed E-state index contributed by atoms with van der Waals surface area (Å²) < 4.78 is 0. The summed E-state index contributed by atoms with van der Waals surface area (Å²) in [4.78, 5) is 12.2. The summed E-state index contributed by atoms with van der Waals surface area (Å²) in [5.74, 6) is 1.01. The van der Waals surface area contributed by atoms with E-state index >= 15 is 0 Å². The van der Waals surface area contributed by atoms with Gasteiger partial charge in [0, 0.05) is 11.3 Å². The van der Waals surface area contributed by atoms with Crippen LogP contribution in [0.15, 0.2) is 18.2 Å². The van der Waals surface area contributed by atoms with Crippen LogP contribution < -0.4 is 5.32 Å². The smallest absolute Gasteiger partial charge is 0.255 e. The van der Waals surface area contributed by atoms with Crippen LogP contribution in [0.3, 0.4) is 0 Å².